The molecule has 7 heteroatoms. The zero-order chi connectivity index (χ0) is 15.3. The Morgan fingerprint density at radius 1 is 1.24 bits per heavy atom. The maximum atomic E-state index is 12.0. The van der Waals surface area contributed by atoms with E-state index in [0.717, 1.165) is 0 Å². The lowest BCUT2D eigenvalue weighted by atomic mass is 9.91. The third-order valence-electron chi connectivity index (χ3n) is 4.35. The fraction of sp³-hybridized carbons (Fsp3) is 0.500. The zero-order valence-electron chi connectivity index (χ0n) is 11.0. The molecule has 3 N–H and O–H groups in total. The highest BCUT2D eigenvalue weighted by Gasteiger charge is 2.47. The number of benzene rings is 1. The van der Waals surface area contributed by atoms with Crippen LogP contribution in [0.25, 0.3) is 0 Å². The number of hydrogen-bond acceptors (Lipinski definition) is 4. The minimum Gasteiger partial charge on any atom is -0.508 e. The quantitative estimate of drug-likeness (QED) is 0.728. The first-order valence-electron chi connectivity index (χ1n) is 6.72. The van der Waals surface area contributed by atoms with Crippen LogP contribution in [0, 0.1) is 0 Å². The van der Waals surface area contributed by atoms with Crippen LogP contribution in [0.3, 0.4) is 0 Å². The number of nitrogens with zero attached hydrogens (tertiary/aromatic N) is 1. The van der Waals surface area contributed by atoms with Crippen molar-refractivity contribution in [3.63, 3.8) is 0 Å². The van der Waals surface area contributed by atoms with E-state index in [1.165, 1.54) is 12.1 Å². The van der Waals surface area contributed by atoms with Crippen molar-refractivity contribution in [1.82, 2.24) is 4.90 Å². The largest absolute Gasteiger partial charge is 0.508 e. The van der Waals surface area contributed by atoms with E-state index in [2.05, 4.69) is 0 Å². The fourth-order valence-corrected chi connectivity index (χ4v) is 3.78. The average molecular weight is 332 g/mol. The number of hydrogen-bond donors (Lipinski definition) is 3. The first-order valence-corrected chi connectivity index (χ1v) is 7.48. The second-order valence-electron chi connectivity index (χ2n) is 5.60. The molecule has 4 atom stereocenters. The van der Waals surface area contributed by atoms with E-state index in [-0.39, 0.29) is 29.0 Å². The van der Waals surface area contributed by atoms with Gasteiger partial charge in [0.15, 0.2) is 0 Å². The van der Waals surface area contributed by atoms with Crippen LogP contribution in [-0.4, -0.2) is 50.9 Å². The monoisotopic (exact) mass is 331 g/mol. The standard InChI is InChI=1S/C14H15Cl2NO4/c15-7-1-2-9(18)12(13(7)16)6-3-8-14(21)10(19)4-11(20)17(8)5-6/h1-2,6,8,10,14,18-19,21H,3-5H2/t6-,8-,10?,14?/m0/s1. The topological polar surface area (TPSA) is 81.0 Å². The Balaban J connectivity index is 1.94. The highest BCUT2D eigenvalue weighted by molar-refractivity contribution is 6.42. The number of aliphatic hydroxyl groups excluding tert-OH is 2. The van der Waals surface area contributed by atoms with Gasteiger partial charge in [-0.2, -0.15) is 0 Å². The van der Waals surface area contributed by atoms with Crippen molar-refractivity contribution in [3.05, 3.63) is 27.7 Å². The molecule has 0 aromatic heterocycles. The van der Waals surface area contributed by atoms with Gasteiger partial charge in [0.2, 0.25) is 5.91 Å². The Kier molecular flexibility index (Phi) is 3.78. The minimum absolute atomic E-state index is 0.0248. The number of piperidine rings is 1. The molecule has 2 unspecified atom stereocenters. The van der Waals surface area contributed by atoms with Crippen molar-refractivity contribution in [2.24, 2.45) is 0 Å². The molecule has 3 rings (SSSR count). The number of rotatable bonds is 1. The van der Waals surface area contributed by atoms with E-state index in [1.807, 2.05) is 0 Å². The van der Waals surface area contributed by atoms with E-state index >= 15 is 0 Å². The van der Waals surface area contributed by atoms with Crippen LogP contribution in [0.5, 0.6) is 5.75 Å². The van der Waals surface area contributed by atoms with E-state index in [1.54, 1.807) is 4.90 Å². The van der Waals surface area contributed by atoms with Gasteiger partial charge in [0, 0.05) is 18.0 Å². The predicted molar refractivity (Wildman–Crippen MR) is 77.6 cm³/mol. The lowest BCUT2D eigenvalue weighted by molar-refractivity contribution is -0.148. The molecule has 1 amide bonds. The molecule has 1 aromatic rings. The number of aliphatic hydroxyl groups is 2. The van der Waals surface area contributed by atoms with E-state index < -0.39 is 18.2 Å². The van der Waals surface area contributed by atoms with Crippen molar-refractivity contribution in [2.75, 3.05) is 6.54 Å². The van der Waals surface area contributed by atoms with Crippen LogP contribution >= 0.6 is 23.2 Å². The molecule has 2 fully saturated rings. The van der Waals surface area contributed by atoms with Crippen molar-refractivity contribution >= 4 is 29.1 Å². The number of phenols is 1. The molecule has 2 aliphatic heterocycles. The SMILES string of the molecule is O=C1CC(O)C(O)[C@@H]2C[C@H](c3c(O)ccc(Cl)c3Cl)CN12. The zero-order valence-corrected chi connectivity index (χ0v) is 12.6. The summed E-state index contributed by atoms with van der Waals surface area (Å²) in [6.07, 6.45) is -1.68. The Bertz CT molecular complexity index is 595. The average Bonchev–Trinajstić information content (AvgIpc) is 2.86. The van der Waals surface area contributed by atoms with E-state index in [9.17, 15) is 20.1 Å². The first kappa shape index (κ1) is 14.9. The summed E-state index contributed by atoms with van der Waals surface area (Å²) >= 11 is 12.2. The molecule has 114 valence electrons. The molecule has 0 radical (unpaired) electrons. The predicted octanol–water partition coefficient (Wildman–Crippen LogP) is 1.51. The van der Waals surface area contributed by atoms with Crippen molar-refractivity contribution in [3.8, 4) is 5.75 Å². The van der Waals surface area contributed by atoms with Gasteiger partial charge < -0.3 is 20.2 Å². The summed E-state index contributed by atoms with van der Waals surface area (Å²) < 4.78 is 0. The highest BCUT2D eigenvalue weighted by atomic mass is 35.5. The van der Waals surface area contributed by atoms with Gasteiger partial charge in [-0.25, -0.2) is 0 Å². The maximum absolute atomic E-state index is 12.0. The van der Waals surface area contributed by atoms with Gasteiger partial charge in [-0.05, 0) is 18.6 Å². The van der Waals surface area contributed by atoms with Crippen molar-refractivity contribution in [2.45, 2.75) is 37.0 Å². The van der Waals surface area contributed by atoms with Crippen molar-refractivity contribution < 1.29 is 20.1 Å². The number of aromatic hydroxyl groups is 1. The van der Waals surface area contributed by atoms with Crippen molar-refractivity contribution in [1.29, 1.82) is 0 Å². The molecule has 1 aromatic carbocycles. The van der Waals surface area contributed by atoms with Gasteiger partial charge in [-0.3, -0.25) is 4.79 Å². The van der Waals surface area contributed by atoms with Crippen LogP contribution in [0.1, 0.15) is 24.3 Å². The molecule has 5 nitrogen and oxygen atoms in total. The Hall–Kier alpha value is -1.01. The summed E-state index contributed by atoms with van der Waals surface area (Å²) in [5.74, 6) is -0.389. The third kappa shape index (κ3) is 2.38. The number of fused-ring (bicyclic) bond motifs is 1. The molecule has 0 aliphatic carbocycles. The highest BCUT2D eigenvalue weighted by Crippen LogP contribution is 2.44. The van der Waals surface area contributed by atoms with Gasteiger partial charge in [0.1, 0.15) is 11.9 Å². The second kappa shape index (κ2) is 5.32. The summed E-state index contributed by atoms with van der Waals surface area (Å²) in [4.78, 5) is 13.5. The van der Waals surface area contributed by atoms with E-state index in [0.29, 0.717) is 23.6 Å². The Morgan fingerprint density at radius 3 is 2.67 bits per heavy atom. The molecule has 0 spiro atoms. The summed E-state index contributed by atoms with van der Waals surface area (Å²) in [6.45, 7) is 0.348. The maximum Gasteiger partial charge on any atom is 0.225 e. The molecular formula is C14H15Cl2NO4. The number of carbonyl (C=O) groups excluding carboxylic acids is 1. The molecular weight excluding hydrogens is 317 g/mol. The number of phenolic OH excluding ortho intramolecular Hbond substituents is 1. The molecule has 2 aliphatic rings. The van der Waals surface area contributed by atoms with Crippen LogP contribution in [0.4, 0.5) is 0 Å². The summed E-state index contributed by atoms with van der Waals surface area (Å²) in [5.41, 5.74) is 0.494. The molecule has 0 bridgehead atoms. The normalized spacial score (nSPS) is 32.4. The van der Waals surface area contributed by atoms with Gasteiger partial charge in [0.05, 0.1) is 28.6 Å². The minimum atomic E-state index is -1.04. The van der Waals surface area contributed by atoms with E-state index in [4.69, 9.17) is 23.2 Å². The first-order chi connectivity index (χ1) is 9.90. The molecule has 0 saturated carbocycles. The third-order valence-corrected chi connectivity index (χ3v) is 5.17. The lowest BCUT2D eigenvalue weighted by Crippen LogP contribution is -2.54. The smallest absolute Gasteiger partial charge is 0.225 e. The summed E-state index contributed by atoms with van der Waals surface area (Å²) in [6, 6.07) is 2.52. The lowest BCUT2D eigenvalue weighted by Gasteiger charge is -2.36. The molecule has 2 saturated heterocycles. The molecule has 21 heavy (non-hydrogen) atoms. The Labute approximate surface area is 131 Å². The second-order valence-corrected chi connectivity index (χ2v) is 6.39. The number of amides is 1. The van der Waals surface area contributed by atoms with Gasteiger partial charge >= 0.3 is 0 Å². The molecule has 2 heterocycles. The summed E-state index contributed by atoms with van der Waals surface area (Å²) in [5, 5.41) is 30.4. The van der Waals surface area contributed by atoms with Crippen LogP contribution in [0.2, 0.25) is 10.0 Å². The summed E-state index contributed by atoms with van der Waals surface area (Å²) in [7, 11) is 0. The number of carbonyl (C=O) groups is 1. The Morgan fingerprint density at radius 2 is 1.95 bits per heavy atom. The van der Waals surface area contributed by atoms with Gasteiger partial charge in [-0.15, -0.1) is 0 Å². The van der Waals surface area contributed by atoms with Gasteiger partial charge in [-0.1, -0.05) is 23.2 Å². The van der Waals surface area contributed by atoms with Crippen LogP contribution in [-0.2, 0) is 4.79 Å². The fourth-order valence-electron chi connectivity index (χ4n) is 3.30. The van der Waals surface area contributed by atoms with Gasteiger partial charge in [0.25, 0.3) is 0 Å². The van der Waals surface area contributed by atoms with Crippen LogP contribution < -0.4 is 0 Å². The number of halogens is 2. The van der Waals surface area contributed by atoms with Crippen LogP contribution in [0.15, 0.2) is 12.1 Å².